The molecule has 0 unspecified atom stereocenters. The zero-order valence-electron chi connectivity index (χ0n) is 13.7. The van der Waals surface area contributed by atoms with Crippen molar-refractivity contribution < 1.29 is 9.53 Å². The van der Waals surface area contributed by atoms with Crippen molar-refractivity contribution >= 4 is 5.97 Å². The summed E-state index contributed by atoms with van der Waals surface area (Å²) >= 11 is 0. The van der Waals surface area contributed by atoms with Gasteiger partial charge in [0.05, 0.1) is 12.0 Å². The Morgan fingerprint density at radius 3 is 2.21 bits per heavy atom. The number of hydrogen-bond acceptors (Lipinski definition) is 4. The molecule has 0 spiro atoms. The molecule has 4 nitrogen and oxygen atoms in total. The van der Waals surface area contributed by atoms with E-state index in [0.29, 0.717) is 6.61 Å². The Kier molecular flexibility index (Phi) is 9.02. The number of hydrogen-bond donors (Lipinski definition) is 0. The highest BCUT2D eigenvalue weighted by Gasteiger charge is 2.29. The van der Waals surface area contributed by atoms with E-state index in [9.17, 15) is 4.79 Å². The fourth-order valence-electron chi connectivity index (χ4n) is 1.70. The van der Waals surface area contributed by atoms with Crippen LogP contribution in [0.1, 0.15) is 40.5 Å². The van der Waals surface area contributed by atoms with E-state index in [-0.39, 0.29) is 11.4 Å². The lowest BCUT2D eigenvalue weighted by Gasteiger charge is -2.28. The molecule has 0 atom stereocenters. The first-order valence-electron chi connectivity index (χ1n) is 7.37. The molecule has 0 aromatic rings. The number of ether oxygens (including phenoxy) is 1. The van der Waals surface area contributed by atoms with E-state index in [1.54, 1.807) is 0 Å². The zero-order valence-corrected chi connectivity index (χ0v) is 13.7. The quantitative estimate of drug-likeness (QED) is 0.571. The van der Waals surface area contributed by atoms with Crippen molar-refractivity contribution in [2.45, 2.75) is 40.5 Å². The van der Waals surface area contributed by atoms with Crippen LogP contribution in [0, 0.1) is 5.41 Å². The number of carbonyl (C=O) groups is 1. The lowest BCUT2D eigenvalue weighted by Crippen LogP contribution is -2.36. The van der Waals surface area contributed by atoms with Crippen LogP contribution in [0.15, 0.2) is 0 Å². The van der Waals surface area contributed by atoms with Crippen LogP contribution < -0.4 is 0 Å². The summed E-state index contributed by atoms with van der Waals surface area (Å²) in [4.78, 5) is 16.5. The molecular weight excluding hydrogens is 240 g/mol. The van der Waals surface area contributed by atoms with Crippen molar-refractivity contribution in [3.05, 3.63) is 0 Å². The monoisotopic (exact) mass is 272 g/mol. The van der Waals surface area contributed by atoms with Gasteiger partial charge in [0.2, 0.25) is 0 Å². The Labute approximate surface area is 119 Å². The first kappa shape index (κ1) is 18.4. The number of esters is 1. The summed E-state index contributed by atoms with van der Waals surface area (Å²) in [6.45, 7) is 12.7. The van der Waals surface area contributed by atoms with E-state index in [2.05, 4.69) is 30.8 Å². The van der Waals surface area contributed by atoms with E-state index in [1.165, 1.54) is 0 Å². The Bertz CT molecular complexity index is 253. The third-order valence-corrected chi connectivity index (χ3v) is 3.35. The summed E-state index contributed by atoms with van der Waals surface area (Å²) in [6.07, 6.45) is 1.72. The first-order valence-corrected chi connectivity index (χ1v) is 7.37. The van der Waals surface area contributed by atoms with Gasteiger partial charge in [-0.1, -0.05) is 13.8 Å². The molecule has 0 aliphatic heterocycles. The number of likely N-dealkylation sites (N-methyl/N-ethyl adjacent to an activating group) is 2. The number of rotatable bonds is 10. The van der Waals surface area contributed by atoms with E-state index in [1.807, 2.05) is 20.8 Å². The first-order chi connectivity index (χ1) is 8.83. The maximum absolute atomic E-state index is 11.9. The highest BCUT2D eigenvalue weighted by Crippen LogP contribution is 2.22. The smallest absolute Gasteiger partial charge is 0.311 e. The second-order valence-corrected chi connectivity index (χ2v) is 6.01. The van der Waals surface area contributed by atoms with Gasteiger partial charge in [-0.3, -0.25) is 4.79 Å². The molecule has 0 radical (unpaired) electrons. The van der Waals surface area contributed by atoms with Gasteiger partial charge >= 0.3 is 5.97 Å². The molecule has 4 heteroatoms. The Hall–Kier alpha value is -0.610. The molecule has 0 saturated heterocycles. The van der Waals surface area contributed by atoms with Crippen LogP contribution in [0.4, 0.5) is 0 Å². The second-order valence-electron chi connectivity index (χ2n) is 6.01. The summed E-state index contributed by atoms with van der Waals surface area (Å²) in [5.41, 5.74) is -0.388. The van der Waals surface area contributed by atoms with Crippen LogP contribution in [0.2, 0.25) is 0 Å². The van der Waals surface area contributed by atoms with Gasteiger partial charge in [0.15, 0.2) is 0 Å². The molecule has 0 heterocycles. The zero-order chi connectivity index (χ0) is 14.9. The molecule has 0 bridgehead atoms. The topological polar surface area (TPSA) is 32.8 Å². The summed E-state index contributed by atoms with van der Waals surface area (Å²) in [5.74, 6) is -0.0713. The van der Waals surface area contributed by atoms with Crippen molar-refractivity contribution in [2.75, 3.05) is 46.9 Å². The van der Waals surface area contributed by atoms with E-state index in [0.717, 1.165) is 39.0 Å². The molecule has 0 rings (SSSR count). The van der Waals surface area contributed by atoms with Crippen molar-refractivity contribution in [3.8, 4) is 0 Å². The summed E-state index contributed by atoms with van der Waals surface area (Å²) in [5, 5.41) is 0. The molecule has 0 N–H and O–H groups in total. The van der Waals surface area contributed by atoms with Gasteiger partial charge in [-0.2, -0.15) is 0 Å². The molecule has 19 heavy (non-hydrogen) atoms. The molecule has 114 valence electrons. The molecule has 0 fully saturated rings. The Balaban J connectivity index is 4.14. The molecule has 0 aliphatic rings. The van der Waals surface area contributed by atoms with Crippen LogP contribution in [0.25, 0.3) is 0 Å². The fraction of sp³-hybridized carbons (Fsp3) is 0.933. The molecule has 0 aromatic carbocycles. The molecule has 0 aliphatic carbocycles. The van der Waals surface area contributed by atoms with E-state index >= 15 is 0 Å². The third-order valence-electron chi connectivity index (χ3n) is 3.35. The second kappa shape index (κ2) is 9.32. The SMILES string of the molecule is CCCOC(=O)C(C)(C)CCN(CC)CCN(C)C. The fourth-order valence-corrected chi connectivity index (χ4v) is 1.70. The van der Waals surface area contributed by atoms with E-state index < -0.39 is 0 Å². The van der Waals surface area contributed by atoms with Crippen LogP contribution in [0.5, 0.6) is 0 Å². The highest BCUT2D eigenvalue weighted by molar-refractivity contribution is 5.75. The van der Waals surface area contributed by atoms with Crippen LogP contribution >= 0.6 is 0 Å². The van der Waals surface area contributed by atoms with Crippen LogP contribution in [-0.4, -0.2) is 62.7 Å². The van der Waals surface area contributed by atoms with Gasteiger partial charge in [0.1, 0.15) is 0 Å². The van der Waals surface area contributed by atoms with Crippen LogP contribution in [-0.2, 0) is 9.53 Å². The molecule has 0 aromatic heterocycles. The minimum absolute atomic E-state index is 0.0713. The maximum Gasteiger partial charge on any atom is 0.311 e. The minimum atomic E-state index is -0.388. The minimum Gasteiger partial charge on any atom is -0.465 e. The summed E-state index contributed by atoms with van der Waals surface area (Å²) in [6, 6.07) is 0. The Morgan fingerprint density at radius 1 is 1.11 bits per heavy atom. The van der Waals surface area contributed by atoms with Crippen molar-refractivity contribution in [2.24, 2.45) is 5.41 Å². The van der Waals surface area contributed by atoms with Crippen molar-refractivity contribution in [1.29, 1.82) is 0 Å². The predicted octanol–water partition coefficient (Wildman–Crippen LogP) is 2.24. The van der Waals surface area contributed by atoms with E-state index in [4.69, 9.17) is 4.74 Å². The van der Waals surface area contributed by atoms with Gasteiger partial charge < -0.3 is 14.5 Å². The van der Waals surface area contributed by atoms with Crippen molar-refractivity contribution in [1.82, 2.24) is 9.80 Å². The Morgan fingerprint density at radius 2 is 1.74 bits per heavy atom. The summed E-state index contributed by atoms with van der Waals surface area (Å²) in [7, 11) is 4.17. The normalized spacial score (nSPS) is 12.2. The molecule has 0 saturated carbocycles. The molecule has 0 amide bonds. The maximum atomic E-state index is 11.9. The lowest BCUT2D eigenvalue weighted by molar-refractivity contribution is -0.154. The predicted molar refractivity (Wildman–Crippen MR) is 80.3 cm³/mol. The molecular formula is C15H32N2O2. The van der Waals surface area contributed by atoms with Crippen LogP contribution in [0.3, 0.4) is 0 Å². The summed E-state index contributed by atoms with van der Waals surface area (Å²) < 4.78 is 5.25. The van der Waals surface area contributed by atoms with Crippen molar-refractivity contribution in [3.63, 3.8) is 0 Å². The van der Waals surface area contributed by atoms with Gasteiger partial charge in [-0.05, 0) is 53.9 Å². The van der Waals surface area contributed by atoms with Gasteiger partial charge in [-0.25, -0.2) is 0 Å². The number of carbonyl (C=O) groups excluding carboxylic acids is 1. The average molecular weight is 272 g/mol. The largest absolute Gasteiger partial charge is 0.465 e. The number of nitrogens with zero attached hydrogens (tertiary/aromatic N) is 2. The van der Waals surface area contributed by atoms with Gasteiger partial charge in [0, 0.05) is 13.1 Å². The standard InChI is InChI=1S/C15H32N2O2/c1-7-13-19-14(18)15(3,4)9-10-17(8-2)12-11-16(5)6/h7-13H2,1-6H3. The lowest BCUT2D eigenvalue weighted by atomic mass is 9.89. The third kappa shape index (κ3) is 8.22. The van der Waals surface area contributed by atoms with Gasteiger partial charge in [0.25, 0.3) is 0 Å². The highest BCUT2D eigenvalue weighted by atomic mass is 16.5. The van der Waals surface area contributed by atoms with Gasteiger partial charge in [-0.15, -0.1) is 0 Å². The average Bonchev–Trinajstić information content (AvgIpc) is 2.35.